The van der Waals surface area contributed by atoms with E-state index in [9.17, 15) is 4.79 Å². The van der Waals surface area contributed by atoms with E-state index in [-0.39, 0.29) is 18.1 Å². The summed E-state index contributed by atoms with van der Waals surface area (Å²) >= 11 is 0. The third kappa shape index (κ3) is 3.24. The second kappa shape index (κ2) is 6.43. The smallest absolute Gasteiger partial charge is 0.270 e. The molecule has 0 spiro atoms. The molecule has 2 aromatic rings. The molecule has 1 saturated carbocycles. The minimum atomic E-state index is 0.0615. The van der Waals surface area contributed by atoms with Gasteiger partial charge in [0, 0.05) is 32.6 Å². The van der Waals surface area contributed by atoms with Crippen LogP contribution in [0.4, 0.5) is 0 Å². The number of nitrogens with zero attached hydrogens (tertiary/aromatic N) is 3. The summed E-state index contributed by atoms with van der Waals surface area (Å²) in [4.78, 5) is 17.8. The highest BCUT2D eigenvalue weighted by Gasteiger charge is 2.39. The molecule has 6 nitrogen and oxygen atoms in total. The van der Waals surface area contributed by atoms with Gasteiger partial charge in [-0.15, -0.1) is 0 Å². The Labute approximate surface area is 141 Å². The Balaban J connectivity index is 1.51. The van der Waals surface area contributed by atoms with Crippen molar-refractivity contribution in [1.29, 1.82) is 0 Å². The number of H-pyrrole nitrogens is 1. The summed E-state index contributed by atoms with van der Waals surface area (Å²) in [6.45, 7) is 1.58. The van der Waals surface area contributed by atoms with E-state index in [1.54, 1.807) is 6.20 Å². The summed E-state index contributed by atoms with van der Waals surface area (Å²) < 4.78 is 7.99. The molecule has 0 bridgehead atoms. The lowest BCUT2D eigenvalue weighted by Gasteiger charge is -2.28. The number of rotatable bonds is 6. The summed E-state index contributed by atoms with van der Waals surface area (Å²) in [5.41, 5.74) is 1.79. The van der Waals surface area contributed by atoms with Crippen molar-refractivity contribution in [1.82, 2.24) is 19.7 Å². The van der Waals surface area contributed by atoms with Crippen LogP contribution in [-0.2, 0) is 18.2 Å². The van der Waals surface area contributed by atoms with Gasteiger partial charge in [-0.25, -0.2) is 0 Å². The van der Waals surface area contributed by atoms with Crippen LogP contribution < -0.4 is 0 Å². The highest BCUT2D eigenvalue weighted by Crippen LogP contribution is 2.32. The molecule has 2 atom stereocenters. The number of ether oxygens (including phenoxy) is 1. The number of carbonyl (C=O) groups excluding carboxylic acids is 1. The Hall–Kier alpha value is -2.08. The van der Waals surface area contributed by atoms with E-state index < -0.39 is 0 Å². The molecule has 6 heteroatoms. The van der Waals surface area contributed by atoms with Crippen LogP contribution in [-0.4, -0.2) is 50.9 Å². The first-order valence-corrected chi connectivity index (χ1v) is 8.74. The molecule has 4 rings (SSSR count). The first-order chi connectivity index (χ1) is 11.7. The number of aromatic amines is 1. The molecule has 2 fully saturated rings. The summed E-state index contributed by atoms with van der Waals surface area (Å²) in [6, 6.07) is 3.77. The van der Waals surface area contributed by atoms with Gasteiger partial charge in [-0.3, -0.25) is 9.48 Å². The Morgan fingerprint density at radius 3 is 2.96 bits per heavy atom. The Bertz CT molecular complexity index is 690. The van der Waals surface area contributed by atoms with Gasteiger partial charge >= 0.3 is 0 Å². The Morgan fingerprint density at radius 2 is 2.29 bits per heavy atom. The maximum Gasteiger partial charge on any atom is 0.270 e. The van der Waals surface area contributed by atoms with Crippen LogP contribution in [0.25, 0.3) is 0 Å². The fraction of sp³-hybridized carbons (Fsp3) is 0.556. The summed E-state index contributed by atoms with van der Waals surface area (Å²) in [7, 11) is 1.92. The van der Waals surface area contributed by atoms with Crippen LogP contribution in [0.5, 0.6) is 0 Å². The molecule has 2 aliphatic rings. The molecule has 1 saturated heterocycles. The lowest BCUT2D eigenvalue weighted by atomic mass is 10.0. The fourth-order valence-electron chi connectivity index (χ4n) is 3.49. The van der Waals surface area contributed by atoms with Gasteiger partial charge < -0.3 is 14.6 Å². The number of aryl methyl sites for hydroxylation is 1. The summed E-state index contributed by atoms with van der Waals surface area (Å²) in [6.07, 6.45) is 10.1. The number of nitrogens with one attached hydrogen (secondary N) is 1. The van der Waals surface area contributed by atoms with Gasteiger partial charge in [0.25, 0.3) is 5.91 Å². The summed E-state index contributed by atoms with van der Waals surface area (Å²) in [5.74, 6) is 0.795. The van der Waals surface area contributed by atoms with Gasteiger partial charge in [-0.1, -0.05) is 0 Å². The van der Waals surface area contributed by atoms with E-state index in [4.69, 9.17) is 4.74 Å². The van der Waals surface area contributed by atoms with Crippen molar-refractivity contribution in [2.24, 2.45) is 13.0 Å². The molecule has 1 amide bonds. The topological polar surface area (TPSA) is 63.1 Å². The molecule has 24 heavy (non-hydrogen) atoms. The van der Waals surface area contributed by atoms with Crippen molar-refractivity contribution in [3.8, 4) is 0 Å². The lowest BCUT2D eigenvalue weighted by molar-refractivity contribution is 0.0199. The maximum absolute atomic E-state index is 12.8. The predicted octanol–water partition coefficient (Wildman–Crippen LogP) is 2.00. The highest BCUT2D eigenvalue weighted by molar-refractivity contribution is 5.92. The Morgan fingerprint density at radius 1 is 1.42 bits per heavy atom. The van der Waals surface area contributed by atoms with E-state index in [0.29, 0.717) is 5.69 Å². The Kier molecular flexibility index (Phi) is 4.14. The first-order valence-electron chi connectivity index (χ1n) is 8.74. The normalized spacial score (nSPS) is 23.8. The van der Waals surface area contributed by atoms with Crippen molar-refractivity contribution >= 4 is 5.91 Å². The molecule has 1 N–H and O–H groups in total. The molecular weight excluding hydrogens is 304 g/mol. The van der Waals surface area contributed by atoms with Gasteiger partial charge in [0.1, 0.15) is 5.69 Å². The number of aromatic nitrogens is 3. The van der Waals surface area contributed by atoms with Crippen molar-refractivity contribution in [2.75, 3.05) is 13.2 Å². The van der Waals surface area contributed by atoms with Crippen LogP contribution in [0, 0.1) is 5.92 Å². The minimum Gasteiger partial charge on any atom is -0.376 e. The van der Waals surface area contributed by atoms with Crippen LogP contribution in [0.1, 0.15) is 35.3 Å². The second-order valence-corrected chi connectivity index (χ2v) is 6.98. The molecule has 128 valence electrons. The quantitative estimate of drug-likeness (QED) is 0.882. The fourth-order valence-corrected chi connectivity index (χ4v) is 3.49. The molecule has 2 aromatic heterocycles. The van der Waals surface area contributed by atoms with Crippen molar-refractivity contribution < 1.29 is 9.53 Å². The largest absolute Gasteiger partial charge is 0.376 e. The van der Waals surface area contributed by atoms with E-state index >= 15 is 0 Å². The number of likely N-dealkylation sites (tertiary alicyclic amines) is 1. The van der Waals surface area contributed by atoms with E-state index in [2.05, 4.69) is 10.1 Å². The van der Waals surface area contributed by atoms with E-state index in [1.807, 2.05) is 41.2 Å². The number of amides is 1. The average Bonchev–Trinajstić information content (AvgIpc) is 2.98. The van der Waals surface area contributed by atoms with Crippen LogP contribution in [0.2, 0.25) is 0 Å². The van der Waals surface area contributed by atoms with Gasteiger partial charge in [-0.05, 0) is 49.3 Å². The average molecular weight is 328 g/mol. The molecule has 1 aliphatic carbocycles. The van der Waals surface area contributed by atoms with Crippen molar-refractivity contribution in [3.05, 3.63) is 42.0 Å². The number of hydrogen-bond acceptors (Lipinski definition) is 3. The van der Waals surface area contributed by atoms with Crippen LogP contribution in [0.3, 0.4) is 0 Å². The summed E-state index contributed by atoms with van der Waals surface area (Å²) in [5, 5.41) is 4.25. The van der Waals surface area contributed by atoms with Crippen molar-refractivity contribution in [2.45, 2.75) is 37.8 Å². The van der Waals surface area contributed by atoms with Gasteiger partial charge in [0.2, 0.25) is 0 Å². The zero-order valence-electron chi connectivity index (χ0n) is 14.0. The SMILES string of the molecule is Cn1cc(C[C@@H]2[C@@H](OCC3CC3)CCN2C(=O)c2ccc[nH]2)cn1. The molecule has 1 aliphatic heterocycles. The highest BCUT2D eigenvalue weighted by atomic mass is 16.5. The molecule has 3 heterocycles. The number of carbonyl (C=O) groups is 1. The van der Waals surface area contributed by atoms with E-state index in [1.165, 1.54) is 12.8 Å². The van der Waals surface area contributed by atoms with Gasteiger partial charge in [0.15, 0.2) is 0 Å². The molecule has 0 radical (unpaired) electrons. The maximum atomic E-state index is 12.8. The molecular formula is C18H24N4O2. The second-order valence-electron chi connectivity index (χ2n) is 6.98. The van der Waals surface area contributed by atoms with Crippen LogP contribution >= 0.6 is 0 Å². The molecule has 0 unspecified atom stereocenters. The third-order valence-electron chi connectivity index (χ3n) is 5.02. The van der Waals surface area contributed by atoms with E-state index in [0.717, 1.165) is 37.5 Å². The monoisotopic (exact) mass is 328 g/mol. The van der Waals surface area contributed by atoms with Crippen molar-refractivity contribution in [3.63, 3.8) is 0 Å². The minimum absolute atomic E-state index is 0.0615. The third-order valence-corrected chi connectivity index (χ3v) is 5.02. The van der Waals surface area contributed by atoms with Gasteiger partial charge in [0.05, 0.1) is 18.3 Å². The van der Waals surface area contributed by atoms with Gasteiger partial charge in [-0.2, -0.15) is 5.10 Å². The zero-order chi connectivity index (χ0) is 16.5. The lowest BCUT2D eigenvalue weighted by Crippen LogP contribution is -2.42. The molecule has 0 aromatic carbocycles. The van der Waals surface area contributed by atoms with Crippen LogP contribution in [0.15, 0.2) is 30.7 Å². The number of hydrogen-bond donors (Lipinski definition) is 1. The standard InChI is InChI=1S/C18H24N4O2/c1-21-11-14(10-20-21)9-16-17(24-12-13-4-5-13)6-8-22(16)18(23)15-3-2-7-19-15/h2-3,7,10-11,13,16-17,19H,4-6,8-9,12H2,1H3/t16-,17+/m1/s1. The zero-order valence-corrected chi connectivity index (χ0v) is 14.0. The first kappa shape index (κ1) is 15.4. The predicted molar refractivity (Wildman–Crippen MR) is 89.6 cm³/mol.